The highest BCUT2D eigenvalue weighted by Crippen LogP contribution is 2.40. The molecule has 1 saturated heterocycles. The molecular formula is C21H19ClFN3O3S. The van der Waals surface area contributed by atoms with Crippen molar-refractivity contribution in [1.29, 1.82) is 0 Å². The molecular weight excluding hydrogens is 429 g/mol. The van der Waals surface area contributed by atoms with E-state index in [2.05, 4.69) is 9.97 Å². The van der Waals surface area contributed by atoms with E-state index in [0.29, 0.717) is 35.1 Å². The van der Waals surface area contributed by atoms with Crippen LogP contribution in [-0.2, 0) is 4.74 Å². The first kappa shape index (κ1) is 20.7. The predicted octanol–water partition coefficient (Wildman–Crippen LogP) is 4.33. The van der Waals surface area contributed by atoms with Crippen LogP contribution < -0.4 is 10.5 Å². The Kier molecular flexibility index (Phi) is 5.73. The average Bonchev–Trinajstić information content (AvgIpc) is 3.09. The summed E-state index contributed by atoms with van der Waals surface area (Å²) in [5, 5.41) is 0.877. The number of carbonyl (C=O) groups is 1. The third-order valence-corrected chi connectivity index (χ3v) is 6.01. The maximum Gasteiger partial charge on any atom is 0.249 e. The zero-order valence-corrected chi connectivity index (χ0v) is 17.9. The number of thiazole rings is 1. The highest BCUT2D eigenvalue weighted by atomic mass is 35.5. The normalized spacial score (nSPS) is 14.9. The number of ether oxygens (including phenoxy) is 2. The third-order valence-electron chi connectivity index (χ3n) is 4.86. The number of aryl methyl sites for hydroxylation is 1. The summed E-state index contributed by atoms with van der Waals surface area (Å²) in [6.07, 6.45) is 3.03. The van der Waals surface area contributed by atoms with Crippen LogP contribution in [0.5, 0.6) is 5.75 Å². The molecule has 2 N–H and O–H groups in total. The van der Waals surface area contributed by atoms with Crippen molar-refractivity contribution >= 4 is 28.8 Å². The maximum absolute atomic E-state index is 14.6. The molecule has 3 aromatic rings. The molecule has 1 amide bonds. The molecule has 9 heteroatoms. The summed E-state index contributed by atoms with van der Waals surface area (Å²) < 4.78 is 25.7. The molecule has 0 bridgehead atoms. The number of nitrogens with two attached hydrogens (primary N) is 1. The quantitative estimate of drug-likeness (QED) is 0.607. The Balaban J connectivity index is 1.90. The second kappa shape index (κ2) is 8.29. The lowest BCUT2D eigenvalue weighted by molar-refractivity contribution is -0.0796. The fourth-order valence-electron chi connectivity index (χ4n) is 3.38. The summed E-state index contributed by atoms with van der Waals surface area (Å²) >= 11 is 7.32. The number of amides is 1. The molecule has 1 aliphatic rings. The molecule has 4 rings (SSSR count). The van der Waals surface area contributed by atoms with Gasteiger partial charge in [-0.2, -0.15) is 0 Å². The Morgan fingerprint density at radius 3 is 2.67 bits per heavy atom. The van der Waals surface area contributed by atoms with E-state index < -0.39 is 17.6 Å². The van der Waals surface area contributed by atoms with Crippen molar-refractivity contribution in [2.75, 3.05) is 13.2 Å². The summed E-state index contributed by atoms with van der Waals surface area (Å²) in [6.45, 7) is 4.67. The topological polar surface area (TPSA) is 87.3 Å². The standard InChI is InChI=1S/C21H19ClFN3O3S/c1-10-6-26-21(30-10)16-5-13(29-14-8-28-9-14)4-15(20(24)27)18(16)11(2)19-17(23)3-12(22)7-25-19/h3-7,11,14H,8-9H2,1-2H3,(H2,24,27). The second-order valence-corrected chi connectivity index (χ2v) is 8.76. The molecule has 0 saturated carbocycles. The first-order chi connectivity index (χ1) is 14.3. The first-order valence-corrected chi connectivity index (χ1v) is 10.5. The lowest BCUT2D eigenvalue weighted by Crippen LogP contribution is -2.38. The van der Waals surface area contributed by atoms with Gasteiger partial charge >= 0.3 is 0 Å². The van der Waals surface area contributed by atoms with Crippen LogP contribution in [0, 0.1) is 12.7 Å². The number of benzene rings is 1. The lowest BCUT2D eigenvalue weighted by atomic mass is 9.87. The van der Waals surface area contributed by atoms with Crippen LogP contribution in [0.3, 0.4) is 0 Å². The van der Waals surface area contributed by atoms with Gasteiger partial charge in [0.05, 0.1) is 23.9 Å². The van der Waals surface area contributed by atoms with Crippen molar-refractivity contribution in [2.45, 2.75) is 25.9 Å². The Morgan fingerprint density at radius 1 is 1.33 bits per heavy atom. The number of hydrogen-bond donors (Lipinski definition) is 1. The van der Waals surface area contributed by atoms with Crippen LogP contribution in [0.4, 0.5) is 4.39 Å². The molecule has 0 radical (unpaired) electrons. The van der Waals surface area contributed by atoms with Gasteiger partial charge in [0.25, 0.3) is 0 Å². The Hall–Kier alpha value is -2.55. The smallest absolute Gasteiger partial charge is 0.249 e. The van der Waals surface area contributed by atoms with Gasteiger partial charge in [-0.05, 0) is 30.7 Å². The largest absolute Gasteiger partial charge is 0.486 e. The van der Waals surface area contributed by atoms with E-state index in [1.807, 2.05) is 13.0 Å². The third kappa shape index (κ3) is 4.03. The van der Waals surface area contributed by atoms with Crippen LogP contribution in [-0.4, -0.2) is 35.2 Å². The van der Waals surface area contributed by atoms with Crippen LogP contribution in [0.25, 0.3) is 10.6 Å². The van der Waals surface area contributed by atoms with Crippen LogP contribution in [0.1, 0.15) is 39.3 Å². The minimum Gasteiger partial charge on any atom is -0.486 e. The molecule has 1 aromatic carbocycles. The molecule has 1 unspecified atom stereocenters. The van der Waals surface area contributed by atoms with Gasteiger partial charge in [-0.25, -0.2) is 9.37 Å². The van der Waals surface area contributed by atoms with Crippen molar-refractivity contribution in [2.24, 2.45) is 5.73 Å². The van der Waals surface area contributed by atoms with Gasteiger partial charge in [0, 0.05) is 34.3 Å². The number of hydrogen-bond acceptors (Lipinski definition) is 6. The number of rotatable bonds is 6. The Labute approximate surface area is 181 Å². The van der Waals surface area contributed by atoms with Gasteiger partial charge < -0.3 is 15.2 Å². The van der Waals surface area contributed by atoms with Gasteiger partial charge in [-0.1, -0.05) is 18.5 Å². The SMILES string of the molecule is Cc1cnc(-c2cc(OC3COC3)cc(C(N)=O)c2C(C)c2ncc(Cl)cc2F)s1. The molecule has 2 aromatic heterocycles. The number of aromatic nitrogens is 2. The van der Waals surface area contributed by atoms with Crippen molar-refractivity contribution in [1.82, 2.24) is 9.97 Å². The first-order valence-electron chi connectivity index (χ1n) is 9.29. The van der Waals surface area contributed by atoms with Crippen molar-refractivity contribution in [3.63, 3.8) is 0 Å². The molecule has 6 nitrogen and oxygen atoms in total. The van der Waals surface area contributed by atoms with E-state index in [1.54, 1.807) is 19.2 Å². The zero-order chi connectivity index (χ0) is 21.4. The van der Waals surface area contributed by atoms with E-state index in [4.69, 9.17) is 26.8 Å². The fraction of sp³-hybridized carbons (Fsp3) is 0.286. The van der Waals surface area contributed by atoms with E-state index in [9.17, 15) is 9.18 Å². The molecule has 0 spiro atoms. The van der Waals surface area contributed by atoms with Gasteiger partial charge in [0.15, 0.2) is 0 Å². The fourth-order valence-corrected chi connectivity index (χ4v) is 4.32. The molecule has 0 aliphatic carbocycles. The predicted molar refractivity (Wildman–Crippen MR) is 113 cm³/mol. The van der Waals surface area contributed by atoms with Gasteiger partial charge in [0.2, 0.25) is 5.91 Å². The molecule has 30 heavy (non-hydrogen) atoms. The summed E-state index contributed by atoms with van der Waals surface area (Å²) in [7, 11) is 0. The molecule has 1 aliphatic heterocycles. The lowest BCUT2D eigenvalue weighted by Gasteiger charge is -2.28. The van der Waals surface area contributed by atoms with E-state index in [-0.39, 0.29) is 22.4 Å². The van der Waals surface area contributed by atoms with E-state index >= 15 is 0 Å². The number of pyridine rings is 1. The highest BCUT2D eigenvalue weighted by molar-refractivity contribution is 7.15. The maximum atomic E-state index is 14.6. The Bertz CT molecular complexity index is 1120. The zero-order valence-electron chi connectivity index (χ0n) is 16.3. The highest BCUT2D eigenvalue weighted by Gasteiger charge is 2.28. The summed E-state index contributed by atoms with van der Waals surface area (Å²) in [6, 6.07) is 4.60. The monoisotopic (exact) mass is 447 g/mol. The van der Waals surface area contributed by atoms with Crippen LogP contribution in [0.2, 0.25) is 5.02 Å². The molecule has 3 heterocycles. The number of nitrogens with zero attached hydrogens (tertiary/aromatic N) is 2. The van der Waals surface area contributed by atoms with Crippen molar-refractivity contribution in [3.8, 4) is 16.3 Å². The molecule has 1 fully saturated rings. The molecule has 1 atom stereocenters. The van der Waals surface area contributed by atoms with Gasteiger partial charge in [0.1, 0.15) is 22.7 Å². The minimum atomic E-state index is -0.643. The second-order valence-electron chi connectivity index (χ2n) is 7.09. The number of carbonyl (C=O) groups excluding carboxylic acids is 1. The average molecular weight is 448 g/mol. The van der Waals surface area contributed by atoms with E-state index in [1.165, 1.54) is 23.6 Å². The number of primary amides is 1. The number of halogens is 2. The van der Waals surface area contributed by atoms with Gasteiger partial charge in [-0.15, -0.1) is 11.3 Å². The summed E-state index contributed by atoms with van der Waals surface area (Å²) in [4.78, 5) is 22.0. The van der Waals surface area contributed by atoms with Crippen LogP contribution in [0.15, 0.2) is 30.6 Å². The summed E-state index contributed by atoms with van der Waals surface area (Å²) in [5.41, 5.74) is 7.32. The summed E-state index contributed by atoms with van der Waals surface area (Å²) in [5.74, 6) is -1.29. The van der Waals surface area contributed by atoms with Crippen molar-refractivity contribution < 1.29 is 18.7 Å². The van der Waals surface area contributed by atoms with Crippen molar-refractivity contribution in [3.05, 3.63) is 63.1 Å². The Morgan fingerprint density at radius 2 is 2.10 bits per heavy atom. The molecule has 156 valence electrons. The van der Waals surface area contributed by atoms with Crippen LogP contribution >= 0.6 is 22.9 Å². The van der Waals surface area contributed by atoms with E-state index in [0.717, 1.165) is 4.88 Å². The minimum absolute atomic E-state index is 0.0877. The van der Waals surface area contributed by atoms with Gasteiger partial charge in [-0.3, -0.25) is 9.78 Å².